The summed E-state index contributed by atoms with van der Waals surface area (Å²) in [6, 6.07) is 15.3. The summed E-state index contributed by atoms with van der Waals surface area (Å²) in [6.45, 7) is 6.36. The molecule has 0 spiro atoms. The minimum atomic E-state index is 0.227. The first kappa shape index (κ1) is 13.9. The van der Waals surface area contributed by atoms with Crippen LogP contribution in [0.5, 0.6) is 0 Å². The lowest BCUT2D eigenvalue weighted by atomic mass is 10.0. The van der Waals surface area contributed by atoms with Crippen LogP contribution in [0.2, 0.25) is 0 Å². The Labute approximate surface area is 115 Å². The van der Waals surface area contributed by atoms with Crippen LogP contribution in [0, 0.1) is 6.92 Å². The van der Waals surface area contributed by atoms with Gasteiger partial charge in [-0.1, -0.05) is 43.7 Å². The van der Waals surface area contributed by atoms with Crippen LogP contribution in [0.1, 0.15) is 55.9 Å². The number of nitrogens with one attached hydrogen (secondary N) is 1. The van der Waals surface area contributed by atoms with Crippen molar-refractivity contribution >= 4 is 0 Å². The van der Waals surface area contributed by atoms with Gasteiger partial charge in [-0.25, -0.2) is 0 Å². The Morgan fingerprint density at radius 3 is 2.42 bits per heavy atom. The molecule has 0 aliphatic carbocycles. The Kier molecular flexibility index (Phi) is 4.80. The van der Waals surface area contributed by atoms with Gasteiger partial charge in [0, 0.05) is 6.04 Å². The Morgan fingerprint density at radius 1 is 1.11 bits per heavy atom. The molecular weight excluding hydrogens is 234 g/mol. The van der Waals surface area contributed by atoms with E-state index >= 15 is 0 Å². The monoisotopic (exact) mass is 257 g/mol. The lowest BCUT2D eigenvalue weighted by Gasteiger charge is -2.22. The molecule has 102 valence electrons. The van der Waals surface area contributed by atoms with Crippen LogP contribution >= 0.6 is 0 Å². The first-order valence-corrected chi connectivity index (χ1v) is 7.08. The van der Waals surface area contributed by atoms with Gasteiger partial charge in [0.1, 0.15) is 11.5 Å². The highest BCUT2D eigenvalue weighted by atomic mass is 16.3. The van der Waals surface area contributed by atoms with Crippen LogP contribution in [0.3, 0.4) is 0 Å². The molecule has 1 N–H and O–H groups in total. The van der Waals surface area contributed by atoms with Gasteiger partial charge in [-0.2, -0.15) is 0 Å². The predicted octanol–water partition coefficient (Wildman–Crippen LogP) is 4.78. The molecule has 0 aliphatic heterocycles. The molecule has 1 heterocycles. The zero-order valence-electron chi connectivity index (χ0n) is 12.0. The Bertz CT molecular complexity index is 489. The fourth-order valence-corrected chi connectivity index (χ4v) is 2.39. The molecule has 2 nitrogen and oxygen atoms in total. The number of furan rings is 1. The molecule has 0 fully saturated rings. The van der Waals surface area contributed by atoms with Crippen LogP contribution in [0.15, 0.2) is 46.9 Å². The summed E-state index contributed by atoms with van der Waals surface area (Å²) in [5.74, 6) is 1.98. The van der Waals surface area contributed by atoms with Gasteiger partial charge in [0.25, 0.3) is 0 Å². The van der Waals surface area contributed by atoms with Gasteiger partial charge in [0.15, 0.2) is 0 Å². The van der Waals surface area contributed by atoms with Gasteiger partial charge in [-0.05, 0) is 38.0 Å². The van der Waals surface area contributed by atoms with Crippen molar-refractivity contribution in [3.05, 3.63) is 59.5 Å². The highest BCUT2D eigenvalue weighted by molar-refractivity contribution is 5.19. The van der Waals surface area contributed by atoms with E-state index < -0.39 is 0 Å². The van der Waals surface area contributed by atoms with Crippen molar-refractivity contribution in [2.45, 2.75) is 45.7 Å². The number of benzene rings is 1. The molecule has 2 heteroatoms. The summed E-state index contributed by atoms with van der Waals surface area (Å²) in [7, 11) is 0. The molecular formula is C17H23NO. The number of aryl methyl sites for hydroxylation is 1. The molecule has 0 saturated heterocycles. The maximum absolute atomic E-state index is 5.70. The van der Waals surface area contributed by atoms with Gasteiger partial charge >= 0.3 is 0 Å². The van der Waals surface area contributed by atoms with E-state index in [4.69, 9.17) is 4.42 Å². The molecule has 0 radical (unpaired) electrons. The van der Waals surface area contributed by atoms with E-state index in [0.29, 0.717) is 6.04 Å². The third-order valence-corrected chi connectivity index (χ3v) is 3.42. The van der Waals surface area contributed by atoms with Crippen molar-refractivity contribution in [2.24, 2.45) is 0 Å². The van der Waals surface area contributed by atoms with E-state index in [2.05, 4.69) is 55.6 Å². The fourth-order valence-electron chi connectivity index (χ4n) is 2.39. The van der Waals surface area contributed by atoms with Crippen molar-refractivity contribution in [3.8, 4) is 0 Å². The van der Waals surface area contributed by atoms with Crippen molar-refractivity contribution < 1.29 is 4.42 Å². The van der Waals surface area contributed by atoms with Crippen LogP contribution in [-0.2, 0) is 0 Å². The van der Waals surface area contributed by atoms with Gasteiger partial charge in [-0.15, -0.1) is 0 Å². The minimum absolute atomic E-state index is 0.227. The number of hydrogen-bond acceptors (Lipinski definition) is 2. The molecule has 1 aromatic carbocycles. The quantitative estimate of drug-likeness (QED) is 0.805. The Morgan fingerprint density at radius 2 is 1.84 bits per heavy atom. The second kappa shape index (κ2) is 6.58. The molecule has 2 aromatic rings. The zero-order valence-corrected chi connectivity index (χ0v) is 12.0. The largest absolute Gasteiger partial charge is 0.465 e. The number of rotatable bonds is 6. The average molecular weight is 257 g/mol. The molecule has 2 unspecified atom stereocenters. The van der Waals surface area contributed by atoms with Crippen LogP contribution in [0.25, 0.3) is 0 Å². The molecule has 0 aliphatic rings. The third-order valence-electron chi connectivity index (χ3n) is 3.42. The molecule has 0 bridgehead atoms. The van der Waals surface area contributed by atoms with E-state index in [1.54, 1.807) is 0 Å². The molecule has 2 atom stereocenters. The summed E-state index contributed by atoms with van der Waals surface area (Å²) in [5, 5.41) is 3.67. The SMILES string of the molecule is CCCC(NC(C)c1ccc(C)o1)c1ccccc1. The highest BCUT2D eigenvalue weighted by Gasteiger charge is 2.16. The molecule has 0 saturated carbocycles. The normalized spacial score (nSPS) is 14.3. The van der Waals surface area contributed by atoms with E-state index in [1.807, 2.05) is 13.0 Å². The van der Waals surface area contributed by atoms with E-state index in [-0.39, 0.29) is 6.04 Å². The summed E-state index contributed by atoms with van der Waals surface area (Å²) in [6.07, 6.45) is 2.30. The van der Waals surface area contributed by atoms with Gasteiger partial charge in [0.05, 0.1) is 6.04 Å². The van der Waals surface area contributed by atoms with Crippen molar-refractivity contribution in [2.75, 3.05) is 0 Å². The summed E-state index contributed by atoms with van der Waals surface area (Å²) in [4.78, 5) is 0. The average Bonchev–Trinajstić information content (AvgIpc) is 2.86. The van der Waals surface area contributed by atoms with Crippen LogP contribution in [0.4, 0.5) is 0 Å². The second-order valence-corrected chi connectivity index (χ2v) is 5.09. The Balaban J connectivity index is 2.08. The fraction of sp³-hybridized carbons (Fsp3) is 0.412. The second-order valence-electron chi connectivity index (χ2n) is 5.09. The maximum Gasteiger partial charge on any atom is 0.120 e. The van der Waals surface area contributed by atoms with Crippen LogP contribution < -0.4 is 5.32 Å². The van der Waals surface area contributed by atoms with Crippen LogP contribution in [-0.4, -0.2) is 0 Å². The topological polar surface area (TPSA) is 25.2 Å². The minimum Gasteiger partial charge on any atom is -0.465 e. The summed E-state index contributed by atoms with van der Waals surface area (Å²) in [5.41, 5.74) is 1.35. The van der Waals surface area contributed by atoms with Crippen molar-refractivity contribution in [1.82, 2.24) is 5.32 Å². The molecule has 1 aromatic heterocycles. The van der Waals surface area contributed by atoms with E-state index in [9.17, 15) is 0 Å². The maximum atomic E-state index is 5.70. The Hall–Kier alpha value is -1.54. The van der Waals surface area contributed by atoms with Crippen molar-refractivity contribution in [1.29, 1.82) is 0 Å². The lowest BCUT2D eigenvalue weighted by Crippen LogP contribution is -2.24. The predicted molar refractivity (Wildman–Crippen MR) is 79.1 cm³/mol. The van der Waals surface area contributed by atoms with Gasteiger partial charge in [0.2, 0.25) is 0 Å². The first-order chi connectivity index (χ1) is 9.20. The molecule has 19 heavy (non-hydrogen) atoms. The summed E-state index contributed by atoms with van der Waals surface area (Å²) < 4.78 is 5.70. The van der Waals surface area contributed by atoms with Crippen molar-refractivity contribution in [3.63, 3.8) is 0 Å². The first-order valence-electron chi connectivity index (χ1n) is 7.08. The standard InChI is InChI=1S/C17H23NO/c1-4-8-16(15-9-6-5-7-10-15)18-14(3)17-12-11-13(2)19-17/h5-7,9-12,14,16,18H,4,8H2,1-3H3. The molecule has 0 amide bonds. The van der Waals surface area contributed by atoms with E-state index in [1.165, 1.54) is 5.56 Å². The lowest BCUT2D eigenvalue weighted by molar-refractivity contribution is 0.372. The van der Waals surface area contributed by atoms with Gasteiger partial charge < -0.3 is 9.73 Å². The smallest absolute Gasteiger partial charge is 0.120 e. The third kappa shape index (κ3) is 3.71. The zero-order chi connectivity index (χ0) is 13.7. The van der Waals surface area contributed by atoms with E-state index in [0.717, 1.165) is 24.4 Å². The van der Waals surface area contributed by atoms with Gasteiger partial charge in [-0.3, -0.25) is 0 Å². The number of hydrogen-bond donors (Lipinski definition) is 1. The summed E-state index contributed by atoms with van der Waals surface area (Å²) >= 11 is 0. The highest BCUT2D eigenvalue weighted by Crippen LogP contribution is 2.24. The molecule has 2 rings (SSSR count).